The molecular formula is C24H20F3N7O. The summed E-state index contributed by atoms with van der Waals surface area (Å²) in [6.45, 7) is 2.02. The van der Waals surface area contributed by atoms with Crippen molar-refractivity contribution in [3.63, 3.8) is 0 Å². The third-order valence-corrected chi connectivity index (χ3v) is 6.75. The van der Waals surface area contributed by atoms with E-state index in [4.69, 9.17) is 14.7 Å². The number of morpholine rings is 1. The van der Waals surface area contributed by atoms with Crippen molar-refractivity contribution in [3.8, 4) is 11.4 Å². The Hall–Kier alpha value is -3.73. The highest BCUT2D eigenvalue weighted by atomic mass is 19.4. The monoisotopic (exact) mass is 479 g/mol. The van der Waals surface area contributed by atoms with Gasteiger partial charge in [-0.3, -0.25) is 4.98 Å². The van der Waals surface area contributed by atoms with Crippen molar-refractivity contribution >= 4 is 27.8 Å². The summed E-state index contributed by atoms with van der Waals surface area (Å²) in [5.41, 5.74) is 1.51. The molecule has 4 aromatic rings. The van der Waals surface area contributed by atoms with Crippen molar-refractivity contribution < 1.29 is 17.9 Å². The van der Waals surface area contributed by atoms with Crippen LogP contribution in [0.25, 0.3) is 33.3 Å². The molecule has 0 bridgehead atoms. The summed E-state index contributed by atoms with van der Waals surface area (Å²) in [7, 11) is 0. The maximum absolute atomic E-state index is 13.4. The number of aromatic nitrogens is 5. The summed E-state index contributed by atoms with van der Waals surface area (Å²) in [5.74, 6) is 2.30. The first kappa shape index (κ1) is 20.6. The van der Waals surface area contributed by atoms with Crippen LogP contribution in [0.15, 0.2) is 42.7 Å². The summed E-state index contributed by atoms with van der Waals surface area (Å²) < 4.78 is 46.0. The number of anilines is 1. The molecule has 0 radical (unpaired) electrons. The van der Waals surface area contributed by atoms with Crippen LogP contribution in [0, 0.1) is 0 Å². The topological polar surface area (TPSA) is 91.8 Å². The zero-order chi connectivity index (χ0) is 23.7. The van der Waals surface area contributed by atoms with Crippen LogP contribution in [0.4, 0.5) is 19.0 Å². The molecular weight excluding hydrogens is 459 g/mol. The molecule has 2 fully saturated rings. The summed E-state index contributed by atoms with van der Waals surface area (Å²) in [5, 5.41) is 4.70. The Morgan fingerprint density at radius 1 is 1.14 bits per heavy atom. The van der Waals surface area contributed by atoms with E-state index >= 15 is 0 Å². The summed E-state index contributed by atoms with van der Waals surface area (Å²) in [6.07, 6.45) is 4.66. The Morgan fingerprint density at radius 2 is 2.03 bits per heavy atom. The van der Waals surface area contributed by atoms with Gasteiger partial charge in [0.15, 0.2) is 5.82 Å². The second-order valence-electron chi connectivity index (χ2n) is 9.11. The normalized spacial score (nSPS) is 20.3. The summed E-state index contributed by atoms with van der Waals surface area (Å²) in [6, 6.07) is 2.77. The third-order valence-electron chi connectivity index (χ3n) is 6.75. The van der Waals surface area contributed by atoms with Crippen molar-refractivity contribution in [3.05, 3.63) is 53.9 Å². The number of H-pyrrole nitrogens is 1. The maximum atomic E-state index is 13.4. The van der Waals surface area contributed by atoms with E-state index in [2.05, 4.69) is 20.3 Å². The molecule has 0 spiro atoms. The molecule has 35 heavy (non-hydrogen) atoms. The molecule has 1 aliphatic carbocycles. The predicted molar refractivity (Wildman–Crippen MR) is 123 cm³/mol. The molecule has 2 N–H and O–H groups in total. The molecule has 8 nitrogen and oxygen atoms in total. The molecule has 6 heterocycles. The number of nitrogens with one attached hydrogen (secondary N) is 2. The Bertz CT molecular complexity index is 1510. The van der Waals surface area contributed by atoms with Crippen LogP contribution in [-0.2, 0) is 10.9 Å². The summed E-state index contributed by atoms with van der Waals surface area (Å²) in [4.78, 5) is 22.6. The highest BCUT2D eigenvalue weighted by Crippen LogP contribution is 2.45. The average Bonchev–Trinajstić information content (AvgIpc) is 3.44. The highest BCUT2D eigenvalue weighted by molar-refractivity contribution is 5.97. The maximum Gasteiger partial charge on any atom is 0.431 e. The number of hydrogen-bond donors (Lipinski definition) is 2. The van der Waals surface area contributed by atoms with Gasteiger partial charge < -0.3 is 19.9 Å². The van der Waals surface area contributed by atoms with Crippen LogP contribution in [0.1, 0.15) is 30.0 Å². The fraction of sp³-hybridized carbons (Fsp3) is 0.333. The molecule has 1 atom stereocenters. The number of alkyl halides is 3. The van der Waals surface area contributed by atoms with Gasteiger partial charge in [-0.1, -0.05) is 0 Å². The Kier molecular flexibility index (Phi) is 4.35. The lowest BCUT2D eigenvalue weighted by Gasteiger charge is -2.23. The quantitative estimate of drug-likeness (QED) is 0.457. The fourth-order valence-electron chi connectivity index (χ4n) is 4.93. The van der Waals surface area contributed by atoms with Crippen LogP contribution in [-0.4, -0.2) is 50.7 Å². The highest BCUT2D eigenvalue weighted by Gasteiger charge is 2.35. The molecule has 1 unspecified atom stereocenters. The van der Waals surface area contributed by atoms with Crippen molar-refractivity contribution in [2.24, 2.45) is 0 Å². The molecule has 11 heteroatoms. The second kappa shape index (κ2) is 7.38. The minimum Gasteiger partial charge on any atom is -0.493 e. The van der Waals surface area contributed by atoms with Gasteiger partial charge in [-0.15, -0.1) is 0 Å². The lowest BCUT2D eigenvalue weighted by molar-refractivity contribution is -0.140. The molecule has 1 saturated carbocycles. The van der Waals surface area contributed by atoms with Gasteiger partial charge in [0.25, 0.3) is 0 Å². The number of aromatic amines is 1. The van der Waals surface area contributed by atoms with Gasteiger partial charge in [-0.25, -0.2) is 15.0 Å². The van der Waals surface area contributed by atoms with Gasteiger partial charge >= 0.3 is 6.18 Å². The molecule has 0 aromatic carbocycles. The number of ether oxygens (including phenoxy) is 1. The average molecular weight is 479 g/mol. The van der Waals surface area contributed by atoms with E-state index < -0.39 is 11.9 Å². The van der Waals surface area contributed by atoms with E-state index in [-0.39, 0.29) is 11.7 Å². The summed E-state index contributed by atoms with van der Waals surface area (Å²) >= 11 is 0. The second-order valence-corrected chi connectivity index (χ2v) is 9.11. The van der Waals surface area contributed by atoms with Gasteiger partial charge in [-0.2, -0.15) is 13.2 Å². The fourth-order valence-corrected chi connectivity index (χ4v) is 4.93. The zero-order valence-electron chi connectivity index (χ0n) is 18.4. The molecule has 178 valence electrons. The minimum absolute atomic E-state index is 0.0649. The van der Waals surface area contributed by atoms with Crippen molar-refractivity contribution in [2.45, 2.75) is 31.0 Å². The minimum atomic E-state index is -4.51. The molecule has 0 amide bonds. The van der Waals surface area contributed by atoms with Gasteiger partial charge in [-0.05, 0) is 36.5 Å². The first-order valence-corrected chi connectivity index (χ1v) is 11.5. The van der Waals surface area contributed by atoms with Gasteiger partial charge in [0.05, 0.1) is 17.8 Å². The van der Waals surface area contributed by atoms with Gasteiger partial charge in [0, 0.05) is 48.0 Å². The van der Waals surface area contributed by atoms with Crippen LogP contribution in [0.3, 0.4) is 0 Å². The van der Waals surface area contributed by atoms with Gasteiger partial charge in [0.1, 0.15) is 29.5 Å². The van der Waals surface area contributed by atoms with Crippen LogP contribution in [0.2, 0.25) is 0 Å². The smallest absolute Gasteiger partial charge is 0.431 e. The third kappa shape index (κ3) is 3.41. The molecule has 7 rings (SSSR count). The van der Waals surface area contributed by atoms with Crippen LogP contribution < -0.4 is 10.2 Å². The van der Waals surface area contributed by atoms with E-state index in [0.717, 1.165) is 42.2 Å². The number of fused-ring (bicyclic) bond motifs is 3. The van der Waals surface area contributed by atoms with Crippen molar-refractivity contribution in [2.75, 3.05) is 24.6 Å². The number of nitrogens with zero attached hydrogens (tertiary/aromatic N) is 5. The van der Waals surface area contributed by atoms with Crippen LogP contribution >= 0.6 is 0 Å². The molecule has 2 aliphatic heterocycles. The van der Waals surface area contributed by atoms with E-state index in [1.165, 1.54) is 6.20 Å². The predicted octanol–water partition coefficient (Wildman–Crippen LogP) is 4.11. The first-order valence-electron chi connectivity index (χ1n) is 11.5. The Labute approximate surface area is 197 Å². The molecule has 1 saturated heterocycles. The standard InChI is InChI=1S/C24H20F3N7O/c25-24(26,27)19-7-14-13(3-4-30-21(14)32-19)22-31-16-9-28-8-15(12-1-2-12)20(16)23(33-22)34-10-17-18(11-34)35-6-5-29-17/h3-4,7-9,11-12,17,29H,1-2,5-6,10H2,(H,30,32). The largest absolute Gasteiger partial charge is 0.493 e. The number of rotatable bonds is 3. The lowest BCUT2D eigenvalue weighted by Crippen LogP contribution is -2.41. The SMILES string of the molecule is FC(F)(F)c1cc2c(-c3nc(N4C=C5OCCNC5C4)c4c(C5CC5)cncc4n3)ccnc2[nH]1. The first-order chi connectivity index (χ1) is 17.0. The molecule has 4 aromatic heterocycles. The Morgan fingerprint density at radius 3 is 2.83 bits per heavy atom. The number of halogens is 3. The van der Waals surface area contributed by atoms with Crippen molar-refractivity contribution in [1.82, 2.24) is 30.2 Å². The van der Waals surface area contributed by atoms with Gasteiger partial charge in [0.2, 0.25) is 0 Å². The van der Waals surface area contributed by atoms with Crippen LogP contribution in [0.5, 0.6) is 0 Å². The van der Waals surface area contributed by atoms with E-state index in [1.54, 1.807) is 12.3 Å². The zero-order valence-corrected chi connectivity index (χ0v) is 18.4. The lowest BCUT2D eigenvalue weighted by atomic mass is 10.1. The van der Waals surface area contributed by atoms with E-state index in [0.29, 0.717) is 47.2 Å². The molecule has 3 aliphatic rings. The Balaban J connectivity index is 1.44. The van der Waals surface area contributed by atoms with E-state index in [9.17, 15) is 13.2 Å². The number of hydrogen-bond acceptors (Lipinski definition) is 7. The van der Waals surface area contributed by atoms with E-state index in [1.807, 2.05) is 17.3 Å². The number of pyridine rings is 2. The van der Waals surface area contributed by atoms with Crippen molar-refractivity contribution in [1.29, 1.82) is 0 Å².